The molecule has 0 atom stereocenters. The average Bonchev–Trinajstić information content (AvgIpc) is 2.35. The number of nitrogens with one attached hydrogen (secondary N) is 2. The van der Waals surface area contributed by atoms with Gasteiger partial charge in [-0.2, -0.15) is 0 Å². The predicted octanol–water partition coefficient (Wildman–Crippen LogP) is 1.43. The van der Waals surface area contributed by atoms with Gasteiger partial charge in [-0.05, 0) is 31.2 Å². The first-order valence-electron chi connectivity index (χ1n) is 6.01. The van der Waals surface area contributed by atoms with Gasteiger partial charge in [-0.25, -0.2) is 13.1 Å². The molecule has 102 valence electrons. The van der Waals surface area contributed by atoms with Gasteiger partial charge in [0, 0.05) is 25.4 Å². The lowest BCUT2D eigenvalue weighted by molar-refractivity contribution is 0.158. The fraction of sp³-hybridized carbons (Fsp3) is 0.500. The van der Waals surface area contributed by atoms with E-state index in [0.717, 1.165) is 5.69 Å². The first-order chi connectivity index (χ1) is 8.60. The molecule has 0 spiro atoms. The van der Waals surface area contributed by atoms with Gasteiger partial charge >= 0.3 is 0 Å². The predicted molar refractivity (Wildman–Crippen MR) is 72.3 cm³/mol. The Kier molecular flexibility index (Phi) is 6.11. The topological polar surface area (TPSA) is 67.4 Å². The molecule has 0 bridgehead atoms. The fourth-order valence-corrected chi connectivity index (χ4v) is 2.48. The average molecular weight is 272 g/mol. The molecule has 0 aliphatic heterocycles. The monoisotopic (exact) mass is 272 g/mol. The third kappa shape index (κ3) is 4.64. The molecule has 0 heterocycles. The number of anilines is 1. The van der Waals surface area contributed by atoms with Crippen LogP contribution in [0.5, 0.6) is 0 Å². The molecule has 0 aliphatic carbocycles. The van der Waals surface area contributed by atoms with Crippen molar-refractivity contribution in [3.63, 3.8) is 0 Å². The van der Waals surface area contributed by atoms with E-state index in [9.17, 15) is 8.42 Å². The van der Waals surface area contributed by atoms with Gasteiger partial charge in [0.25, 0.3) is 0 Å². The van der Waals surface area contributed by atoms with E-state index in [0.29, 0.717) is 26.3 Å². The minimum atomic E-state index is -3.36. The third-order valence-electron chi connectivity index (χ3n) is 2.28. The van der Waals surface area contributed by atoms with Crippen LogP contribution in [0.4, 0.5) is 5.69 Å². The van der Waals surface area contributed by atoms with Gasteiger partial charge < -0.3 is 10.1 Å². The van der Waals surface area contributed by atoms with E-state index in [1.807, 2.05) is 6.92 Å². The van der Waals surface area contributed by atoms with Gasteiger partial charge in [-0.1, -0.05) is 6.92 Å². The molecule has 0 radical (unpaired) electrons. The Labute approximate surface area is 109 Å². The summed E-state index contributed by atoms with van der Waals surface area (Å²) in [5, 5.41) is 3.15. The van der Waals surface area contributed by atoms with E-state index in [1.165, 1.54) is 0 Å². The third-order valence-corrected chi connectivity index (χ3v) is 3.84. The Balaban J connectivity index is 2.57. The highest BCUT2D eigenvalue weighted by atomic mass is 32.2. The molecule has 0 fully saturated rings. The van der Waals surface area contributed by atoms with Crippen LogP contribution < -0.4 is 10.0 Å². The standard InChI is InChI=1S/C12H20N2O3S/c1-3-14-18(15,16)12-7-5-11(6-8-12)13-9-10-17-4-2/h5-8,13-14H,3-4,9-10H2,1-2H3. The molecule has 1 aromatic carbocycles. The quantitative estimate of drug-likeness (QED) is 0.703. The van der Waals surface area contributed by atoms with Crippen molar-refractivity contribution in [3.8, 4) is 0 Å². The fourth-order valence-electron chi connectivity index (χ4n) is 1.44. The van der Waals surface area contributed by atoms with Crippen LogP contribution in [0, 0.1) is 0 Å². The van der Waals surface area contributed by atoms with E-state index in [1.54, 1.807) is 31.2 Å². The van der Waals surface area contributed by atoms with Gasteiger partial charge in [-0.15, -0.1) is 0 Å². The highest BCUT2D eigenvalue weighted by Gasteiger charge is 2.11. The molecule has 0 saturated heterocycles. The zero-order valence-electron chi connectivity index (χ0n) is 10.8. The molecule has 5 nitrogen and oxygen atoms in total. The number of hydrogen-bond acceptors (Lipinski definition) is 4. The van der Waals surface area contributed by atoms with Crippen molar-refractivity contribution in [1.29, 1.82) is 0 Å². The molecule has 0 amide bonds. The van der Waals surface area contributed by atoms with Crippen molar-refractivity contribution >= 4 is 15.7 Å². The summed E-state index contributed by atoms with van der Waals surface area (Å²) in [5.41, 5.74) is 0.880. The van der Waals surface area contributed by atoms with Crippen molar-refractivity contribution in [2.75, 3.05) is 31.6 Å². The molecular formula is C12H20N2O3S. The maximum absolute atomic E-state index is 11.7. The zero-order chi connectivity index (χ0) is 13.4. The van der Waals surface area contributed by atoms with Crippen LogP contribution in [0.15, 0.2) is 29.2 Å². The van der Waals surface area contributed by atoms with Crippen LogP contribution in [0.2, 0.25) is 0 Å². The van der Waals surface area contributed by atoms with E-state index < -0.39 is 10.0 Å². The zero-order valence-corrected chi connectivity index (χ0v) is 11.6. The number of hydrogen-bond donors (Lipinski definition) is 2. The van der Waals surface area contributed by atoms with Crippen LogP contribution in [-0.2, 0) is 14.8 Å². The Morgan fingerprint density at radius 2 is 1.83 bits per heavy atom. The number of ether oxygens (including phenoxy) is 1. The second-order valence-corrected chi connectivity index (χ2v) is 5.42. The summed E-state index contributed by atoms with van der Waals surface area (Å²) in [4.78, 5) is 0.278. The second-order valence-electron chi connectivity index (χ2n) is 3.65. The molecule has 0 unspecified atom stereocenters. The van der Waals surface area contributed by atoms with Crippen LogP contribution >= 0.6 is 0 Å². The highest BCUT2D eigenvalue weighted by Crippen LogP contribution is 2.13. The maximum atomic E-state index is 11.7. The molecule has 0 aliphatic rings. The Morgan fingerprint density at radius 1 is 1.17 bits per heavy atom. The Hall–Kier alpha value is -1.11. The summed E-state index contributed by atoms with van der Waals surface area (Å²) in [5.74, 6) is 0. The molecule has 6 heteroatoms. The Bertz CT molecular complexity index is 443. The van der Waals surface area contributed by atoms with Gasteiger partial charge in [0.1, 0.15) is 0 Å². The summed E-state index contributed by atoms with van der Waals surface area (Å²) < 4.78 is 31.0. The molecule has 1 rings (SSSR count). The molecule has 2 N–H and O–H groups in total. The summed E-state index contributed by atoms with van der Waals surface area (Å²) in [7, 11) is -3.36. The lowest BCUT2D eigenvalue weighted by Crippen LogP contribution is -2.23. The molecule has 0 saturated carbocycles. The smallest absolute Gasteiger partial charge is 0.240 e. The minimum absolute atomic E-state index is 0.278. The Morgan fingerprint density at radius 3 is 2.39 bits per heavy atom. The molecule has 1 aromatic rings. The van der Waals surface area contributed by atoms with Crippen LogP contribution in [0.25, 0.3) is 0 Å². The summed E-state index contributed by atoms with van der Waals surface area (Å²) in [6, 6.07) is 6.66. The summed E-state index contributed by atoms with van der Waals surface area (Å²) >= 11 is 0. The highest BCUT2D eigenvalue weighted by molar-refractivity contribution is 7.89. The summed E-state index contributed by atoms with van der Waals surface area (Å²) in [6.45, 7) is 6.11. The van der Waals surface area contributed by atoms with E-state index in [-0.39, 0.29) is 4.90 Å². The summed E-state index contributed by atoms with van der Waals surface area (Å²) in [6.07, 6.45) is 0. The largest absolute Gasteiger partial charge is 0.383 e. The van der Waals surface area contributed by atoms with E-state index in [4.69, 9.17) is 4.74 Å². The lowest BCUT2D eigenvalue weighted by Gasteiger charge is -2.08. The van der Waals surface area contributed by atoms with Crippen LogP contribution in [0.1, 0.15) is 13.8 Å². The van der Waals surface area contributed by atoms with Gasteiger partial charge in [-0.3, -0.25) is 0 Å². The minimum Gasteiger partial charge on any atom is -0.383 e. The van der Waals surface area contributed by atoms with E-state index >= 15 is 0 Å². The first-order valence-corrected chi connectivity index (χ1v) is 7.49. The van der Waals surface area contributed by atoms with Crippen LogP contribution in [-0.4, -0.2) is 34.7 Å². The number of sulfonamides is 1. The van der Waals surface area contributed by atoms with Crippen molar-refractivity contribution in [1.82, 2.24) is 4.72 Å². The number of benzene rings is 1. The molecular weight excluding hydrogens is 252 g/mol. The van der Waals surface area contributed by atoms with E-state index in [2.05, 4.69) is 10.0 Å². The first kappa shape index (κ1) is 14.9. The molecule has 0 aromatic heterocycles. The van der Waals surface area contributed by atoms with Gasteiger partial charge in [0.05, 0.1) is 11.5 Å². The number of rotatable bonds is 8. The maximum Gasteiger partial charge on any atom is 0.240 e. The van der Waals surface area contributed by atoms with Crippen molar-refractivity contribution in [2.45, 2.75) is 18.7 Å². The molecule has 18 heavy (non-hydrogen) atoms. The second kappa shape index (κ2) is 7.35. The van der Waals surface area contributed by atoms with Crippen molar-refractivity contribution < 1.29 is 13.2 Å². The van der Waals surface area contributed by atoms with Crippen molar-refractivity contribution in [2.24, 2.45) is 0 Å². The normalized spacial score (nSPS) is 11.4. The lowest BCUT2D eigenvalue weighted by atomic mass is 10.3. The van der Waals surface area contributed by atoms with Crippen LogP contribution in [0.3, 0.4) is 0 Å². The van der Waals surface area contributed by atoms with Gasteiger partial charge in [0.15, 0.2) is 0 Å². The van der Waals surface area contributed by atoms with Crippen molar-refractivity contribution in [3.05, 3.63) is 24.3 Å². The SMILES string of the molecule is CCNS(=O)(=O)c1ccc(NCCOCC)cc1. The van der Waals surface area contributed by atoms with Gasteiger partial charge in [0.2, 0.25) is 10.0 Å².